The highest BCUT2D eigenvalue weighted by atomic mass is 35.5. The Morgan fingerprint density at radius 1 is 1.00 bits per heavy atom. The number of halogens is 1. The minimum absolute atomic E-state index is 0.00187. The van der Waals surface area contributed by atoms with Crippen LogP contribution in [0.3, 0.4) is 0 Å². The number of carbonyl (C=O) groups is 1. The molecule has 0 atom stereocenters. The van der Waals surface area contributed by atoms with Crippen LogP contribution in [0, 0.1) is 0 Å². The summed E-state index contributed by atoms with van der Waals surface area (Å²) in [6.45, 7) is 1.53. The summed E-state index contributed by atoms with van der Waals surface area (Å²) in [5.74, 6) is -0.00187. The van der Waals surface area contributed by atoms with Crippen molar-refractivity contribution in [1.82, 2.24) is 10.6 Å². The fraction of sp³-hybridized carbons (Fsp3) is 0.235. The predicted octanol–water partition coefficient (Wildman–Crippen LogP) is 2.79. The molecular formula is C17H19ClN2O. The molecule has 0 heterocycles. The molecule has 0 saturated carbocycles. The summed E-state index contributed by atoms with van der Waals surface area (Å²) in [6.07, 6.45) is 0.844. The molecule has 2 N–H and O–H groups in total. The van der Waals surface area contributed by atoms with Crippen LogP contribution >= 0.6 is 11.6 Å². The van der Waals surface area contributed by atoms with E-state index in [2.05, 4.69) is 22.8 Å². The molecule has 2 aromatic rings. The van der Waals surface area contributed by atoms with E-state index < -0.39 is 0 Å². The standard InChI is InChI=1S/C17H19ClN2O/c18-16-9-5-4-8-15(16)12-19-13-17(21)20-11-10-14-6-2-1-3-7-14/h1-9,19H,10-13H2,(H,20,21). The number of carbonyl (C=O) groups excluding carboxylic acids is 1. The third kappa shape index (κ3) is 5.58. The van der Waals surface area contributed by atoms with Crippen molar-refractivity contribution >= 4 is 17.5 Å². The lowest BCUT2D eigenvalue weighted by Crippen LogP contribution is -2.34. The monoisotopic (exact) mass is 302 g/mol. The average Bonchev–Trinajstić information content (AvgIpc) is 2.50. The van der Waals surface area contributed by atoms with E-state index in [9.17, 15) is 4.79 Å². The van der Waals surface area contributed by atoms with Crippen LogP contribution in [0.1, 0.15) is 11.1 Å². The molecule has 2 rings (SSSR count). The second-order valence-corrected chi connectivity index (χ2v) is 5.19. The molecule has 0 aliphatic rings. The van der Waals surface area contributed by atoms with Crippen molar-refractivity contribution in [2.24, 2.45) is 0 Å². The molecule has 1 amide bonds. The van der Waals surface area contributed by atoms with E-state index in [0.717, 1.165) is 17.0 Å². The smallest absolute Gasteiger partial charge is 0.233 e. The van der Waals surface area contributed by atoms with E-state index in [1.54, 1.807) is 0 Å². The van der Waals surface area contributed by atoms with Crippen molar-refractivity contribution in [2.45, 2.75) is 13.0 Å². The topological polar surface area (TPSA) is 41.1 Å². The third-order valence-corrected chi connectivity index (χ3v) is 3.51. The summed E-state index contributed by atoms with van der Waals surface area (Å²) in [5, 5.41) is 6.71. The van der Waals surface area contributed by atoms with Gasteiger partial charge >= 0.3 is 0 Å². The number of nitrogens with one attached hydrogen (secondary N) is 2. The summed E-state index contributed by atoms with van der Waals surface area (Å²) in [5.41, 5.74) is 2.22. The Hall–Kier alpha value is -1.84. The summed E-state index contributed by atoms with van der Waals surface area (Å²) in [6, 6.07) is 17.7. The summed E-state index contributed by atoms with van der Waals surface area (Å²) in [7, 11) is 0. The molecule has 0 unspecified atom stereocenters. The van der Waals surface area contributed by atoms with Crippen LogP contribution in [0.25, 0.3) is 0 Å². The first-order valence-corrected chi connectivity index (χ1v) is 7.38. The number of amides is 1. The number of hydrogen-bond acceptors (Lipinski definition) is 2. The molecule has 0 aliphatic carbocycles. The van der Waals surface area contributed by atoms with Crippen LogP contribution in [-0.2, 0) is 17.8 Å². The van der Waals surface area contributed by atoms with E-state index in [-0.39, 0.29) is 5.91 Å². The number of hydrogen-bond donors (Lipinski definition) is 2. The molecule has 2 aromatic carbocycles. The van der Waals surface area contributed by atoms with Crippen LogP contribution in [-0.4, -0.2) is 19.0 Å². The Bertz CT molecular complexity index is 572. The molecule has 0 aromatic heterocycles. The second kappa shape index (κ2) is 8.45. The maximum absolute atomic E-state index is 11.7. The van der Waals surface area contributed by atoms with Gasteiger partial charge in [-0.1, -0.05) is 60.1 Å². The van der Waals surface area contributed by atoms with Gasteiger partial charge in [0.05, 0.1) is 6.54 Å². The molecule has 0 radical (unpaired) electrons. The van der Waals surface area contributed by atoms with Crippen molar-refractivity contribution in [3.63, 3.8) is 0 Å². The van der Waals surface area contributed by atoms with Gasteiger partial charge in [-0.05, 0) is 23.6 Å². The van der Waals surface area contributed by atoms with E-state index in [1.165, 1.54) is 5.56 Å². The van der Waals surface area contributed by atoms with Gasteiger partial charge in [-0.15, -0.1) is 0 Å². The van der Waals surface area contributed by atoms with Gasteiger partial charge in [0.1, 0.15) is 0 Å². The normalized spacial score (nSPS) is 10.3. The van der Waals surface area contributed by atoms with E-state index in [1.807, 2.05) is 42.5 Å². The zero-order valence-electron chi connectivity index (χ0n) is 11.8. The summed E-state index contributed by atoms with van der Waals surface area (Å²) >= 11 is 6.05. The van der Waals surface area contributed by atoms with Gasteiger partial charge in [-0.2, -0.15) is 0 Å². The highest BCUT2D eigenvalue weighted by Gasteiger charge is 2.02. The molecule has 0 spiro atoms. The van der Waals surface area contributed by atoms with Crippen molar-refractivity contribution in [3.8, 4) is 0 Å². The Kier molecular flexibility index (Phi) is 6.25. The van der Waals surface area contributed by atoms with E-state index >= 15 is 0 Å². The number of benzene rings is 2. The first-order chi connectivity index (χ1) is 10.3. The molecule has 0 bridgehead atoms. The first kappa shape index (κ1) is 15.5. The van der Waals surface area contributed by atoms with Gasteiger partial charge in [-0.3, -0.25) is 4.79 Å². The largest absolute Gasteiger partial charge is 0.355 e. The van der Waals surface area contributed by atoms with Crippen LogP contribution in [0.15, 0.2) is 54.6 Å². The maximum Gasteiger partial charge on any atom is 0.233 e. The van der Waals surface area contributed by atoms with Gasteiger partial charge in [0, 0.05) is 18.1 Å². The van der Waals surface area contributed by atoms with Crippen molar-refractivity contribution in [2.75, 3.05) is 13.1 Å². The van der Waals surface area contributed by atoms with E-state index in [4.69, 9.17) is 11.6 Å². The quantitative estimate of drug-likeness (QED) is 0.826. The zero-order valence-corrected chi connectivity index (χ0v) is 12.6. The molecule has 21 heavy (non-hydrogen) atoms. The Balaban J connectivity index is 1.63. The van der Waals surface area contributed by atoms with Gasteiger partial charge < -0.3 is 10.6 Å². The Labute approximate surface area is 130 Å². The molecule has 0 saturated heterocycles. The fourth-order valence-corrected chi connectivity index (χ4v) is 2.21. The molecule has 110 valence electrons. The van der Waals surface area contributed by atoms with Crippen LogP contribution < -0.4 is 10.6 Å². The summed E-state index contributed by atoms with van der Waals surface area (Å²) < 4.78 is 0. The lowest BCUT2D eigenvalue weighted by atomic mass is 10.1. The van der Waals surface area contributed by atoms with Gasteiger partial charge in [0.15, 0.2) is 0 Å². The van der Waals surface area contributed by atoms with Crippen LogP contribution in [0.2, 0.25) is 5.02 Å². The van der Waals surface area contributed by atoms with Crippen molar-refractivity contribution in [1.29, 1.82) is 0 Å². The van der Waals surface area contributed by atoms with E-state index in [0.29, 0.717) is 19.6 Å². The molecule has 0 aliphatic heterocycles. The Morgan fingerprint density at radius 2 is 1.71 bits per heavy atom. The highest BCUT2D eigenvalue weighted by molar-refractivity contribution is 6.31. The van der Waals surface area contributed by atoms with Gasteiger partial charge in [-0.25, -0.2) is 0 Å². The SMILES string of the molecule is O=C(CNCc1ccccc1Cl)NCCc1ccccc1. The second-order valence-electron chi connectivity index (χ2n) is 4.78. The minimum Gasteiger partial charge on any atom is -0.355 e. The molecule has 4 heteroatoms. The molecule has 3 nitrogen and oxygen atoms in total. The predicted molar refractivity (Wildman–Crippen MR) is 86.3 cm³/mol. The lowest BCUT2D eigenvalue weighted by Gasteiger charge is -2.08. The van der Waals surface area contributed by atoms with Crippen molar-refractivity contribution in [3.05, 3.63) is 70.7 Å². The minimum atomic E-state index is -0.00187. The third-order valence-electron chi connectivity index (χ3n) is 3.14. The van der Waals surface area contributed by atoms with Gasteiger partial charge in [0.25, 0.3) is 0 Å². The average molecular weight is 303 g/mol. The molecule has 0 fully saturated rings. The van der Waals surface area contributed by atoms with Crippen LogP contribution in [0.4, 0.5) is 0 Å². The Morgan fingerprint density at radius 3 is 2.48 bits per heavy atom. The summed E-state index contributed by atoms with van der Waals surface area (Å²) in [4.78, 5) is 11.7. The number of rotatable bonds is 7. The fourth-order valence-electron chi connectivity index (χ4n) is 2.01. The highest BCUT2D eigenvalue weighted by Crippen LogP contribution is 2.13. The maximum atomic E-state index is 11.7. The lowest BCUT2D eigenvalue weighted by molar-refractivity contribution is -0.120. The first-order valence-electron chi connectivity index (χ1n) is 7.00. The molecular weight excluding hydrogens is 284 g/mol. The van der Waals surface area contributed by atoms with Crippen molar-refractivity contribution < 1.29 is 4.79 Å². The zero-order chi connectivity index (χ0) is 14.9. The van der Waals surface area contributed by atoms with Gasteiger partial charge in [0.2, 0.25) is 5.91 Å². The van der Waals surface area contributed by atoms with Crippen LogP contribution in [0.5, 0.6) is 0 Å².